The summed E-state index contributed by atoms with van der Waals surface area (Å²) in [6.45, 7) is 3.16. The van der Waals surface area contributed by atoms with Crippen molar-refractivity contribution < 1.29 is 5.11 Å². The second kappa shape index (κ2) is 5.66. The number of fused-ring (bicyclic) bond motifs is 2. The minimum atomic E-state index is 0.0703. The van der Waals surface area contributed by atoms with Crippen LogP contribution in [0.5, 0.6) is 5.75 Å². The maximum Gasteiger partial charge on any atom is 0.115 e. The Balaban J connectivity index is 1.79. The van der Waals surface area contributed by atoms with E-state index in [0.717, 1.165) is 32.5 Å². The molecule has 1 saturated heterocycles. The summed E-state index contributed by atoms with van der Waals surface area (Å²) in [7, 11) is 2.19. The van der Waals surface area contributed by atoms with E-state index in [4.69, 9.17) is 0 Å². The summed E-state index contributed by atoms with van der Waals surface area (Å²) >= 11 is 0. The smallest absolute Gasteiger partial charge is 0.115 e. The molecule has 2 N–H and O–H groups in total. The van der Waals surface area contributed by atoms with Crippen molar-refractivity contribution in [1.29, 1.82) is 0 Å². The average molecular weight is 308 g/mol. The summed E-state index contributed by atoms with van der Waals surface area (Å²) in [5.74, 6) is 0.679. The van der Waals surface area contributed by atoms with Crippen LogP contribution in [-0.2, 0) is 5.54 Å². The molecule has 3 heteroatoms. The van der Waals surface area contributed by atoms with Crippen molar-refractivity contribution in [3.63, 3.8) is 0 Å². The second-order valence-electron chi connectivity index (χ2n) is 7.00. The maximum atomic E-state index is 10.1. The van der Waals surface area contributed by atoms with E-state index < -0.39 is 0 Å². The van der Waals surface area contributed by atoms with Crippen LogP contribution >= 0.6 is 0 Å². The highest BCUT2D eigenvalue weighted by molar-refractivity contribution is 5.48. The van der Waals surface area contributed by atoms with Gasteiger partial charge in [-0.15, -0.1) is 0 Å². The van der Waals surface area contributed by atoms with Gasteiger partial charge in [-0.1, -0.05) is 36.4 Å². The Bertz CT molecular complexity index is 690. The lowest BCUT2D eigenvalue weighted by Gasteiger charge is -2.47. The number of nitrogens with zero attached hydrogens (tertiary/aromatic N) is 1. The standard InChI is InChI=1S/C20H24N2O/c1-22-11-9-20(10-12-22)19-8-7-16(23)13-17(19)18(14-21-20)15-5-3-2-4-6-15/h2-8,13,18,21,23H,9-12,14H2,1H3. The molecule has 0 aromatic heterocycles. The van der Waals surface area contributed by atoms with Gasteiger partial charge in [-0.25, -0.2) is 0 Å². The molecule has 2 aliphatic heterocycles. The summed E-state index contributed by atoms with van der Waals surface area (Å²) in [6, 6.07) is 16.6. The Hall–Kier alpha value is -1.84. The summed E-state index contributed by atoms with van der Waals surface area (Å²) < 4.78 is 0. The van der Waals surface area contributed by atoms with E-state index in [2.05, 4.69) is 53.7 Å². The van der Waals surface area contributed by atoms with Crippen molar-refractivity contribution in [2.24, 2.45) is 0 Å². The van der Waals surface area contributed by atoms with Crippen molar-refractivity contribution in [2.45, 2.75) is 24.3 Å². The third-order valence-electron chi connectivity index (χ3n) is 5.61. The zero-order valence-corrected chi connectivity index (χ0v) is 13.6. The highest BCUT2D eigenvalue weighted by atomic mass is 16.3. The van der Waals surface area contributed by atoms with Gasteiger partial charge in [-0.05, 0) is 61.8 Å². The average Bonchev–Trinajstić information content (AvgIpc) is 2.58. The summed E-state index contributed by atoms with van der Waals surface area (Å²) in [4.78, 5) is 2.40. The van der Waals surface area contributed by atoms with Gasteiger partial charge in [-0.2, -0.15) is 0 Å². The monoisotopic (exact) mass is 308 g/mol. The molecule has 2 aliphatic rings. The van der Waals surface area contributed by atoms with Crippen LogP contribution in [-0.4, -0.2) is 36.7 Å². The molecule has 0 amide bonds. The molecule has 1 atom stereocenters. The number of nitrogens with one attached hydrogen (secondary N) is 1. The number of likely N-dealkylation sites (tertiary alicyclic amines) is 1. The first-order chi connectivity index (χ1) is 11.2. The maximum absolute atomic E-state index is 10.1. The summed E-state index contributed by atoms with van der Waals surface area (Å²) in [5.41, 5.74) is 4.05. The van der Waals surface area contributed by atoms with Gasteiger partial charge in [0.25, 0.3) is 0 Å². The molecule has 4 rings (SSSR count). The van der Waals surface area contributed by atoms with Crippen LogP contribution in [0.25, 0.3) is 0 Å². The molecule has 1 unspecified atom stereocenters. The first-order valence-corrected chi connectivity index (χ1v) is 8.50. The third kappa shape index (κ3) is 2.54. The second-order valence-corrected chi connectivity index (χ2v) is 7.00. The van der Waals surface area contributed by atoms with Crippen LogP contribution in [0.4, 0.5) is 0 Å². The van der Waals surface area contributed by atoms with Gasteiger partial charge in [-0.3, -0.25) is 0 Å². The van der Waals surface area contributed by atoms with Crippen LogP contribution < -0.4 is 5.32 Å². The predicted molar refractivity (Wildman–Crippen MR) is 92.8 cm³/mol. The van der Waals surface area contributed by atoms with Crippen molar-refractivity contribution in [3.8, 4) is 5.75 Å². The van der Waals surface area contributed by atoms with Crippen LogP contribution in [0.1, 0.15) is 35.4 Å². The van der Waals surface area contributed by atoms with Crippen molar-refractivity contribution in [1.82, 2.24) is 10.2 Å². The molecule has 0 saturated carbocycles. The number of benzene rings is 2. The minimum Gasteiger partial charge on any atom is -0.508 e. The van der Waals surface area contributed by atoms with E-state index in [9.17, 15) is 5.11 Å². The molecule has 0 radical (unpaired) electrons. The molecule has 23 heavy (non-hydrogen) atoms. The first-order valence-electron chi connectivity index (χ1n) is 8.50. The number of piperidine rings is 1. The van der Waals surface area contributed by atoms with Gasteiger partial charge in [0, 0.05) is 18.0 Å². The van der Waals surface area contributed by atoms with Crippen LogP contribution in [0.15, 0.2) is 48.5 Å². The van der Waals surface area contributed by atoms with Crippen LogP contribution in [0.3, 0.4) is 0 Å². The molecular weight excluding hydrogens is 284 g/mol. The lowest BCUT2D eigenvalue weighted by Crippen LogP contribution is -2.54. The summed E-state index contributed by atoms with van der Waals surface area (Å²) in [6.07, 6.45) is 2.26. The summed E-state index contributed by atoms with van der Waals surface area (Å²) in [5, 5.41) is 13.9. The molecule has 3 nitrogen and oxygen atoms in total. The quantitative estimate of drug-likeness (QED) is 0.850. The van der Waals surface area contributed by atoms with Gasteiger partial charge in [0.05, 0.1) is 0 Å². The fourth-order valence-electron chi connectivity index (χ4n) is 4.21. The van der Waals surface area contributed by atoms with Crippen LogP contribution in [0.2, 0.25) is 0 Å². The number of rotatable bonds is 1. The zero-order chi connectivity index (χ0) is 15.9. The van der Waals surface area contributed by atoms with E-state index in [-0.39, 0.29) is 5.54 Å². The third-order valence-corrected chi connectivity index (χ3v) is 5.61. The van der Waals surface area contributed by atoms with E-state index in [1.165, 1.54) is 16.7 Å². The molecule has 2 heterocycles. The van der Waals surface area contributed by atoms with Gasteiger partial charge >= 0.3 is 0 Å². The van der Waals surface area contributed by atoms with Crippen LogP contribution in [0, 0.1) is 0 Å². The highest BCUT2D eigenvalue weighted by Crippen LogP contribution is 2.43. The van der Waals surface area contributed by atoms with Gasteiger partial charge in [0.15, 0.2) is 0 Å². The predicted octanol–water partition coefficient (Wildman–Crippen LogP) is 3.05. The topological polar surface area (TPSA) is 35.5 Å². The molecule has 0 bridgehead atoms. The van der Waals surface area contributed by atoms with E-state index >= 15 is 0 Å². The normalized spacial score (nSPS) is 23.6. The van der Waals surface area contributed by atoms with Crippen molar-refractivity contribution in [2.75, 3.05) is 26.7 Å². The van der Waals surface area contributed by atoms with E-state index in [1.807, 2.05) is 12.1 Å². The Morgan fingerprint density at radius 2 is 1.83 bits per heavy atom. The highest BCUT2D eigenvalue weighted by Gasteiger charge is 2.41. The zero-order valence-electron chi connectivity index (χ0n) is 13.6. The number of phenolic OH excluding ortho intramolecular Hbond substituents is 1. The largest absolute Gasteiger partial charge is 0.508 e. The Labute approximate surface area is 138 Å². The molecule has 1 fully saturated rings. The lowest BCUT2D eigenvalue weighted by molar-refractivity contribution is 0.147. The first kappa shape index (κ1) is 14.7. The van der Waals surface area contributed by atoms with Crippen molar-refractivity contribution in [3.05, 3.63) is 65.2 Å². The number of phenols is 1. The number of hydrogen-bond donors (Lipinski definition) is 2. The molecule has 2 aromatic rings. The molecule has 0 aliphatic carbocycles. The van der Waals surface area contributed by atoms with E-state index in [0.29, 0.717) is 11.7 Å². The lowest BCUT2D eigenvalue weighted by atomic mass is 9.71. The van der Waals surface area contributed by atoms with Crippen molar-refractivity contribution >= 4 is 0 Å². The minimum absolute atomic E-state index is 0.0703. The number of hydrogen-bond acceptors (Lipinski definition) is 3. The van der Waals surface area contributed by atoms with Gasteiger partial charge in [0.1, 0.15) is 5.75 Å². The molecule has 1 spiro atoms. The Morgan fingerprint density at radius 3 is 2.57 bits per heavy atom. The SMILES string of the molecule is CN1CCC2(CC1)NCC(c1ccccc1)c1cc(O)ccc12. The van der Waals surface area contributed by atoms with Gasteiger partial charge in [0.2, 0.25) is 0 Å². The van der Waals surface area contributed by atoms with Gasteiger partial charge < -0.3 is 15.3 Å². The molecular formula is C20H24N2O. The Kier molecular flexibility index (Phi) is 3.63. The Morgan fingerprint density at radius 1 is 1.09 bits per heavy atom. The molecule has 120 valence electrons. The molecule has 2 aromatic carbocycles. The fraction of sp³-hybridized carbons (Fsp3) is 0.400. The fourth-order valence-corrected chi connectivity index (χ4v) is 4.21. The number of aromatic hydroxyl groups is 1. The van der Waals surface area contributed by atoms with E-state index in [1.54, 1.807) is 0 Å².